The fourth-order valence-electron chi connectivity index (χ4n) is 1.27. The van der Waals surface area contributed by atoms with Gasteiger partial charge in [0.2, 0.25) is 0 Å². The lowest BCUT2D eigenvalue weighted by molar-refractivity contribution is 0.131. The second kappa shape index (κ2) is 7.29. The minimum Gasteiger partial charge on any atom is -0.490 e. The molecule has 0 radical (unpaired) electrons. The summed E-state index contributed by atoms with van der Waals surface area (Å²) in [4.78, 5) is 0. The molecule has 0 amide bonds. The molecule has 4 nitrogen and oxygen atoms in total. The van der Waals surface area contributed by atoms with Crippen molar-refractivity contribution in [3.63, 3.8) is 0 Å². The van der Waals surface area contributed by atoms with Crippen molar-refractivity contribution in [3.05, 3.63) is 12.4 Å². The van der Waals surface area contributed by atoms with E-state index >= 15 is 0 Å². The van der Waals surface area contributed by atoms with Crippen LogP contribution in [-0.2, 0) is 11.3 Å². The molecule has 0 N–H and O–H groups in total. The Morgan fingerprint density at radius 1 is 1.33 bits per heavy atom. The largest absolute Gasteiger partial charge is 0.490 e. The molecule has 1 rings (SSSR count). The van der Waals surface area contributed by atoms with Gasteiger partial charge in [-0.25, -0.2) is 0 Å². The van der Waals surface area contributed by atoms with E-state index in [4.69, 9.17) is 9.47 Å². The summed E-state index contributed by atoms with van der Waals surface area (Å²) in [6.45, 7) is 7.30. The molecule has 1 heterocycles. The summed E-state index contributed by atoms with van der Waals surface area (Å²) in [5.74, 6) is 0.847. The maximum Gasteiger partial charge on any atom is 0.157 e. The van der Waals surface area contributed by atoms with Crippen LogP contribution in [0.5, 0.6) is 5.75 Å². The Hall–Kier alpha value is -1.03. The number of nitrogens with zero attached hydrogens (tertiary/aromatic N) is 2. The maximum absolute atomic E-state index is 5.52. The zero-order valence-electron chi connectivity index (χ0n) is 9.61. The highest BCUT2D eigenvalue weighted by Crippen LogP contribution is 2.08. The molecule has 0 atom stereocenters. The molecule has 0 bridgehead atoms. The molecule has 1 aromatic rings. The van der Waals surface area contributed by atoms with E-state index in [1.165, 1.54) is 0 Å². The van der Waals surface area contributed by atoms with E-state index in [1.807, 2.05) is 17.8 Å². The molecule has 0 aromatic carbocycles. The molecular weight excluding hydrogens is 192 g/mol. The Kier molecular flexibility index (Phi) is 5.85. The van der Waals surface area contributed by atoms with Crippen LogP contribution in [0.15, 0.2) is 12.4 Å². The Morgan fingerprint density at radius 3 is 2.93 bits per heavy atom. The summed E-state index contributed by atoms with van der Waals surface area (Å²) < 4.78 is 12.6. The first-order valence-electron chi connectivity index (χ1n) is 5.59. The number of ether oxygens (including phenoxy) is 2. The van der Waals surface area contributed by atoms with Crippen LogP contribution in [-0.4, -0.2) is 29.6 Å². The summed E-state index contributed by atoms with van der Waals surface area (Å²) in [6.07, 6.45) is 5.71. The summed E-state index contributed by atoms with van der Waals surface area (Å²) >= 11 is 0. The number of aryl methyl sites for hydroxylation is 1. The molecule has 15 heavy (non-hydrogen) atoms. The van der Waals surface area contributed by atoms with Gasteiger partial charge in [-0.2, -0.15) is 5.10 Å². The second-order valence-electron chi connectivity index (χ2n) is 3.34. The highest BCUT2D eigenvalue weighted by atomic mass is 16.5. The summed E-state index contributed by atoms with van der Waals surface area (Å²) in [5, 5.41) is 4.18. The van der Waals surface area contributed by atoms with Crippen LogP contribution in [0.25, 0.3) is 0 Å². The van der Waals surface area contributed by atoms with Crippen LogP contribution in [0.3, 0.4) is 0 Å². The zero-order valence-corrected chi connectivity index (χ0v) is 9.61. The van der Waals surface area contributed by atoms with Gasteiger partial charge in [0, 0.05) is 26.2 Å². The van der Waals surface area contributed by atoms with Crippen molar-refractivity contribution in [2.75, 3.05) is 19.8 Å². The quantitative estimate of drug-likeness (QED) is 0.619. The van der Waals surface area contributed by atoms with E-state index in [0.29, 0.717) is 6.61 Å². The van der Waals surface area contributed by atoms with E-state index in [9.17, 15) is 0 Å². The lowest BCUT2D eigenvalue weighted by atomic mass is 10.5. The average Bonchev–Trinajstić information content (AvgIpc) is 2.66. The SMILES string of the molecule is CCCn1cc(OCCCOCC)cn1. The van der Waals surface area contributed by atoms with Gasteiger partial charge in [-0.15, -0.1) is 0 Å². The van der Waals surface area contributed by atoms with Gasteiger partial charge in [-0.3, -0.25) is 4.68 Å². The Labute approximate surface area is 91.2 Å². The Balaban J connectivity index is 2.14. The van der Waals surface area contributed by atoms with E-state index in [0.717, 1.165) is 38.3 Å². The van der Waals surface area contributed by atoms with Crippen LogP contribution in [0, 0.1) is 0 Å². The molecule has 86 valence electrons. The highest BCUT2D eigenvalue weighted by molar-refractivity contribution is 5.11. The summed E-state index contributed by atoms with van der Waals surface area (Å²) in [5.41, 5.74) is 0. The molecular formula is C11H20N2O2. The third-order valence-electron chi connectivity index (χ3n) is 1.97. The van der Waals surface area contributed by atoms with Gasteiger partial charge in [0.05, 0.1) is 19.0 Å². The number of aromatic nitrogens is 2. The van der Waals surface area contributed by atoms with Crippen molar-refractivity contribution in [1.82, 2.24) is 9.78 Å². The molecule has 0 fully saturated rings. The number of rotatable bonds is 8. The van der Waals surface area contributed by atoms with E-state index in [-0.39, 0.29) is 0 Å². The molecule has 4 heteroatoms. The van der Waals surface area contributed by atoms with Crippen LogP contribution >= 0.6 is 0 Å². The van der Waals surface area contributed by atoms with Crippen molar-refractivity contribution in [3.8, 4) is 5.75 Å². The van der Waals surface area contributed by atoms with Crippen LogP contribution < -0.4 is 4.74 Å². The van der Waals surface area contributed by atoms with Crippen molar-refractivity contribution >= 4 is 0 Å². The van der Waals surface area contributed by atoms with Gasteiger partial charge in [0.15, 0.2) is 5.75 Å². The van der Waals surface area contributed by atoms with Crippen LogP contribution in [0.1, 0.15) is 26.7 Å². The van der Waals surface area contributed by atoms with E-state index in [2.05, 4.69) is 12.0 Å². The van der Waals surface area contributed by atoms with Crippen LogP contribution in [0.2, 0.25) is 0 Å². The lowest BCUT2D eigenvalue weighted by Gasteiger charge is -2.03. The van der Waals surface area contributed by atoms with Gasteiger partial charge >= 0.3 is 0 Å². The minimum absolute atomic E-state index is 0.692. The molecule has 1 aromatic heterocycles. The minimum atomic E-state index is 0.692. The average molecular weight is 212 g/mol. The van der Waals surface area contributed by atoms with Gasteiger partial charge in [0.25, 0.3) is 0 Å². The molecule has 0 saturated carbocycles. The summed E-state index contributed by atoms with van der Waals surface area (Å²) in [7, 11) is 0. The monoisotopic (exact) mass is 212 g/mol. The van der Waals surface area contributed by atoms with E-state index in [1.54, 1.807) is 6.20 Å². The second-order valence-corrected chi connectivity index (χ2v) is 3.34. The zero-order chi connectivity index (χ0) is 10.9. The molecule has 0 aliphatic carbocycles. The first-order valence-corrected chi connectivity index (χ1v) is 5.59. The maximum atomic E-state index is 5.52. The predicted octanol–water partition coefficient (Wildman–Crippen LogP) is 2.10. The Bertz CT molecular complexity index is 261. The van der Waals surface area contributed by atoms with Crippen molar-refractivity contribution in [2.24, 2.45) is 0 Å². The standard InChI is InChI=1S/C11H20N2O2/c1-3-6-13-10-11(9-12-13)15-8-5-7-14-4-2/h9-10H,3-8H2,1-2H3. The van der Waals surface area contributed by atoms with Gasteiger partial charge in [0.1, 0.15) is 0 Å². The normalized spacial score (nSPS) is 10.5. The first kappa shape index (κ1) is 12.0. The van der Waals surface area contributed by atoms with Gasteiger partial charge < -0.3 is 9.47 Å². The topological polar surface area (TPSA) is 36.3 Å². The molecule has 0 aliphatic heterocycles. The van der Waals surface area contributed by atoms with Gasteiger partial charge in [-0.1, -0.05) is 6.92 Å². The molecule has 0 spiro atoms. The molecule has 0 aliphatic rings. The van der Waals surface area contributed by atoms with Gasteiger partial charge in [-0.05, 0) is 13.3 Å². The Morgan fingerprint density at radius 2 is 2.20 bits per heavy atom. The van der Waals surface area contributed by atoms with Crippen molar-refractivity contribution < 1.29 is 9.47 Å². The third kappa shape index (κ3) is 4.83. The summed E-state index contributed by atoms with van der Waals surface area (Å²) in [6, 6.07) is 0. The first-order chi connectivity index (χ1) is 7.36. The fourth-order valence-corrected chi connectivity index (χ4v) is 1.27. The predicted molar refractivity (Wildman–Crippen MR) is 59.1 cm³/mol. The van der Waals surface area contributed by atoms with Crippen molar-refractivity contribution in [2.45, 2.75) is 33.2 Å². The fraction of sp³-hybridized carbons (Fsp3) is 0.727. The van der Waals surface area contributed by atoms with Crippen molar-refractivity contribution in [1.29, 1.82) is 0 Å². The highest BCUT2D eigenvalue weighted by Gasteiger charge is 1.98. The molecule has 0 unspecified atom stereocenters. The van der Waals surface area contributed by atoms with Crippen LogP contribution in [0.4, 0.5) is 0 Å². The number of hydrogen-bond donors (Lipinski definition) is 0. The smallest absolute Gasteiger partial charge is 0.157 e. The number of hydrogen-bond acceptors (Lipinski definition) is 3. The molecule has 0 saturated heterocycles. The lowest BCUT2D eigenvalue weighted by Crippen LogP contribution is -2.02. The van der Waals surface area contributed by atoms with E-state index < -0.39 is 0 Å². The third-order valence-corrected chi connectivity index (χ3v) is 1.97.